The Morgan fingerprint density at radius 2 is 1.89 bits per heavy atom. The molecule has 1 aromatic carbocycles. The van der Waals surface area contributed by atoms with Crippen LogP contribution in [0, 0.1) is 5.92 Å². The molecule has 0 bridgehead atoms. The third-order valence-corrected chi connectivity index (χ3v) is 5.02. The fraction of sp³-hybridized carbons (Fsp3) is 0.625. The number of hydrogen-bond donors (Lipinski definition) is 1. The molecule has 0 radical (unpaired) electrons. The van der Waals surface area contributed by atoms with Crippen LogP contribution >= 0.6 is 11.6 Å². The molecule has 19 heavy (non-hydrogen) atoms. The van der Waals surface area contributed by atoms with Gasteiger partial charge in [0.15, 0.2) is 0 Å². The van der Waals surface area contributed by atoms with E-state index in [0.717, 1.165) is 30.0 Å². The van der Waals surface area contributed by atoms with Crippen LogP contribution in [0.15, 0.2) is 24.3 Å². The number of halogens is 1. The highest BCUT2D eigenvalue weighted by molar-refractivity contribution is 6.30. The Morgan fingerprint density at radius 1 is 1.11 bits per heavy atom. The molecule has 104 valence electrons. The predicted octanol–water partition coefficient (Wildman–Crippen LogP) is 3.64. The minimum atomic E-state index is -0.332. The molecule has 0 aliphatic carbocycles. The molecule has 1 N–H and O–H groups in total. The summed E-state index contributed by atoms with van der Waals surface area (Å²) in [7, 11) is 0. The summed E-state index contributed by atoms with van der Waals surface area (Å²) in [5, 5.41) is 11.3. The number of rotatable bonds is 2. The minimum absolute atomic E-state index is 0.332. The Balaban J connectivity index is 1.67. The molecule has 0 aromatic heterocycles. The van der Waals surface area contributed by atoms with Crippen LogP contribution in [0.5, 0.6) is 0 Å². The van der Waals surface area contributed by atoms with Crippen molar-refractivity contribution < 1.29 is 5.11 Å². The maximum Gasteiger partial charge on any atom is 0.0819 e. The first-order chi connectivity index (χ1) is 9.24. The van der Waals surface area contributed by atoms with Crippen molar-refractivity contribution in [3.05, 3.63) is 34.9 Å². The van der Waals surface area contributed by atoms with Crippen molar-refractivity contribution in [2.45, 2.75) is 44.2 Å². The van der Waals surface area contributed by atoms with Gasteiger partial charge in [-0.3, -0.25) is 0 Å². The zero-order valence-electron chi connectivity index (χ0n) is 11.3. The highest BCUT2D eigenvalue weighted by atomic mass is 35.5. The van der Waals surface area contributed by atoms with Crippen molar-refractivity contribution in [3.63, 3.8) is 0 Å². The van der Waals surface area contributed by atoms with E-state index in [0.29, 0.717) is 12.0 Å². The van der Waals surface area contributed by atoms with Crippen LogP contribution in [0.3, 0.4) is 0 Å². The molecule has 3 heteroatoms. The molecule has 2 nitrogen and oxygen atoms in total. The van der Waals surface area contributed by atoms with Gasteiger partial charge in [-0.2, -0.15) is 0 Å². The first-order valence-electron chi connectivity index (χ1n) is 7.41. The molecule has 2 fully saturated rings. The number of piperidine rings is 2. The quantitative estimate of drug-likeness (QED) is 0.893. The second kappa shape index (κ2) is 5.82. The highest BCUT2D eigenvalue weighted by Crippen LogP contribution is 2.36. The minimum Gasteiger partial charge on any atom is -0.388 e. The molecule has 0 amide bonds. The first kappa shape index (κ1) is 13.4. The fourth-order valence-electron chi connectivity index (χ4n) is 3.64. The van der Waals surface area contributed by atoms with Crippen molar-refractivity contribution in [1.29, 1.82) is 0 Å². The van der Waals surface area contributed by atoms with Crippen molar-refractivity contribution >= 4 is 11.6 Å². The second-order valence-corrected chi connectivity index (χ2v) is 6.40. The van der Waals surface area contributed by atoms with Crippen molar-refractivity contribution in [2.24, 2.45) is 5.92 Å². The molecule has 3 atom stereocenters. The normalized spacial score (nSPS) is 29.8. The van der Waals surface area contributed by atoms with Gasteiger partial charge in [-0.1, -0.05) is 30.2 Å². The summed E-state index contributed by atoms with van der Waals surface area (Å²) in [5.74, 6) is 0.403. The summed E-state index contributed by atoms with van der Waals surface area (Å²) >= 11 is 5.90. The highest BCUT2D eigenvalue weighted by Gasteiger charge is 2.33. The molecule has 1 aromatic rings. The van der Waals surface area contributed by atoms with E-state index in [4.69, 9.17) is 11.6 Å². The molecule has 2 heterocycles. The van der Waals surface area contributed by atoms with Crippen molar-refractivity contribution in [3.8, 4) is 0 Å². The average molecular weight is 280 g/mol. The van der Waals surface area contributed by atoms with E-state index < -0.39 is 0 Å². The maximum absolute atomic E-state index is 10.6. The summed E-state index contributed by atoms with van der Waals surface area (Å²) in [6, 6.07) is 8.36. The summed E-state index contributed by atoms with van der Waals surface area (Å²) in [5.41, 5.74) is 1.01. The molecule has 0 spiro atoms. The van der Waals surface area contributed by atoms with Crippen LogP contribution in [-0.4, -0.2) is 29.1 Å². The third kappa shape index (κ3) is 2.96. The first-order valence-corrected chi connectivity index (χ1v) is 7.79. The van der Waals surface area contributed by atoms with E-state index in [9.17, 15) is 5.11 Å². The Bertz CT molecular complexity index is 419. The lowest BCUT2D eigenvalue weighted by molar-refractivity contribution is 0.0155. The van der Waals surface area contributed by atoms with Crippen LogP contribution in [0.2, 0.25) is 5.02 Å². The Hall–Kier alpha value is -0.570. The van der Waals surface area contributed by atoms with E-state index in [2.05, 4.69) is 4.90 Å². The van der Waals surface area contributed by atoms with Crippen LogP contribution in [-0.2, 0) is 0 Å². The van der Waals surface area contributed by atoms with Gasteiger partial charge in [-0.05, 0) is 62.4 Å². The number of benzene rings is 1. The van der Waals surface area contributed by atoms with E-state index in [1.165, 1.54) is 25.8 Å². The molecule has 2 saturated heterocycles. The van der Waals surface area contributed by atoms with Crippen LogP contribution in [0.1, 0.15) is 43.8 Å². The number of hydrogen-bond acceptors (Lipinski definition) is 2. The van der Waals surface area contributed by atoms with Gasteiger partial charge < -0.3 is 10.0 Å². The number of aliphatic hydroxyl groups excluding tert-OH is 1. The smallest absolute Gasteiger partial charge is 0.0819 e. The largest absolute Gasteiger partial charge is 0.388 e. The van der Waals surface area contributed by atoms with Gasteiger partial charge in [-0.15, -0.1) is 0 Å². The van der Waals surface area contributed by atoms with Crippen LogP contribution in [0.4, 0.5) is 0 Å². The Morgan fingerprint density at radius 3 is 2.68 bits per heavy atom. The molecular formula is C16H22ClNO. The van der Waals surface area contributed by atoms with Gasteiger partial charge in [0, 0.05) is 11.1 Å². The monoisotopic (exact) mass is 279 g/mol. The average Bonchev–Trinajstić information content (AvgIpc) is 2.47. The van der Waals surface area contributed by atoms with Crippen molar-refractivity contribution in [1.82, 2.24) is 4.90 Å². The van der Waals surface area contributed by atoms with Gasteiger partial charge >= 0.3 is 0 Å². The molecule has 2 aliphatic rings. The lowest BCUT2D eigenvalue weighted by atomic mass is 9.81. The standard InChI is InChI=1S/C16H22ClNO/c17-14-6-4-12(5-7-14)16(19)13-8-10-18-9-2-1-3-15(18)11-13/h4-7,13,15-16,19H,1-3,8-11H2/t13-,15-,16+/m0/s1. The lowest BCUT2D eigenvalue weighted by Crippen LogP contribution is -2.46. The van der Waals surface area contributed by atoms with Crippen LogP contribution in [0.25, 0.3) is 0 Å². The third-order valence-electron chi connectivity index (χ3n) is 4.77. The number of fused-ring (bicyclic) bond motifs is 1. The van der Waals surface area contributed by atoms with E-state index in [1.807, 2.05) is 24.3 Å². The van der Waals surface area contributed by atoms with Crippen molar-refractivity contribution in [2.75, 3.05) is 13.1 Å². The van der Waals surface area contributed by atoms with Gasteiger partial charge in [0.1, 0.15) is 0 Å². The second-order valence-electron chi connectivity index (χ2n) is 5.97. The van der Waals surface area contributed by atoms with E-state index >= 15 is 0 Å². The zero-order valence-corrected chi connectivity index (χ0v) is 12.0. The van der Waals surface area contributed by atoms with Gasteiger partial charge in [-0.25, -0.2) is 0 Å². The maximum atomic E-state index is 10.6. The summed E-state index contributed by atoms with van der Waals surface area (Å²) in [4.78, 5) is 2.62. The van der Waals surface area contributed by atoms with E-state index in [1.54, 1.807) is 0 Å². The summed E-state index contributed by atoms with van der Waals surface area (Å²) < 4.78 is 0. The zero-order chi connectivity index (χ0) is 13.2. The lowest BCUT2D eigenvalue weighted by Gasteiger charge is -2.43. The van der Waals surface area contributed by atoms with Crippen LogP contribution < -0.4 is 0 Å². The molecule has 2 aliphatic heterocycles. The molecular weight excluding hydrogens is 258 g/mol. The summed E-state index contributed by atoms with van der Waals surface area (Å²) in [6.45, 7) is 2.41. The number of nitrogens with zero attached hydrogens (tertiary/aromatic N) is 1. The topological polar surface area (TPSA) is 23.5 Å². The number of aliphatic hydroxyl groups is 1. The fourth-order valence-corrected chi connectivity index (χ4v) is 3.77. The summed E-state index contributed by atoms with van der Waals surface area (Å²) in [6.07, 6.45) is 5.93. The predicted molar refractivity (Wildman–Crippen MR) is 78.3 cm³/mol. The molecule has 0 saturated carbocycles. The van der Waals surface area contributed by atoms with Gasteiger partial charge in [0.25, 0.3) is 0 Å². The Labute approximate surface area is 120 Å². The van der Waals surface area contributed by atoms with Gasteiger partial charge in [0.05, 0.1) is 6.10 Å². The molecule has 3 rings (SSSR count). The van der Waals surface area contributed by atoms with E-state index in [-0.39, 0.29) is 6.10 Å². The molecule has 0 unspecified atom stereocenters. The SMILES string of the molecule is O[C@H](c1ccc(Cl)cc1)[C@H]1CCN2CCCC[C@H]2C1. The van der Waals surface area contributed by atoms with Gasteiger partial charge in [0.2, 0.25) is 0 Å². The Kier molecular flexibility index (Phi) is 4.11.